The Kier molecular flexibility index (Phi) is 4.94. The number of aliphatic hydroxyl groups is 1. The molecule has 1 nitrogen and oxygen atoms in total. The first-order valence-corrected chi connectivity index (χ1v) is 6.36. The molecule has 0 heterocycles. The summed E-state index contributed by atoms with van der Waals surface area (Å²) in [6.07, 6.45) is 11.2. The highest BCUT2D eigenvalue weighted by molar-refractivity contribution is 4.79. The summed E-state index contributed by atoms with van der Waals surface area (Å²) >= 11 is 0. The average Bonchev–Trinajstić information content (AvgIpc) is 2.56. The first kappa shape index (κ1) is 12.0. The fourth-order valence-electron chi connectivity index (χ4n) is 2.69. The summed E-state index contributed by atoms with van der Waals surface area (Å²) < 4.78 is 0. The second-order valence-electron chi connectivity index (χ2n) is 5.31. The summed E-state index contributed by atoms with van der Waals surface area (Å²) in [4.78, 5) is 0. The van der Waals surface area contributed by atoms with Gasteiger partial charge in [-0.3, -0.25) is 0 Å². The first-order chi connectivity index (χ1) is 6.64. The molecule has 1 aliphatic carbocycles. The Morgan fingerprint density at radius 1 is 1.21 bits per heavy atom. The van der Waals surface area contributed by atoms with Crippen LogP contribution in [0.2, 0.25) is 0 Å². The first-order valence-electron chi connectivity index (χ1n) is 6.36. The van der Waals surface area contributed by atoms with E-state index in [0.717, 1.165) is 18.8 Å². The lowest BCUT2D eigenvalue weighted by atomic mass is 9.87. The molecule has 0 aromatic rings. The zero-order valence-corrected chi connectivity index (χ0v) is 9.89. The van der Waals surface area contributed by atoms with Crippen LogP contribution in [-0.2, 0) is 0 Å². The van der Waals surface area contributed by atoms with Crippen LogP contribution in [0.5, 0.6) is 0 Å². The highest BCUT2D eigenvalue weighted by Gasteiger charge is 2.26. The van der Waals surface area contributed by atoms with Gasteiger partial charge in [-0.2, -0.15) is 0 Å². The van der Waals surface area contributed by atoms with Crippen molar-refractivity contribution in [2.45, 2.75) is 77.2 Å². The van der Waals surface area contributed by atoms with Crippen molar-refractivity contribution in [3.05, 3.63) is 0 Å². The van der Waals surface area contributed by atoms with Crippen molar-refractivity contribution in [1.29, 1.82) is 0 Å². The summed E-state index contributed by atoms with van der Waals surface area (Å²) in [7, 11) is 0. The molecule has 1 N–H and O–H groups in total. The SMILES string of the molecule is CCCCCC(C)(O)CC1CCCC1. The van der Waals surface area contributed by atoms with Crippen LogP contribution >= 0.6 is 0 Å². The van der Waals surface area contributed by atoms with E-state index < -0.39 is 0 Å². The normalized spacial score (nSPS) is 22.5. The third kappa shape index (κ3) is 4.45. The van der Waals surface area contributed by atoms with E-state index in [4.69, 9.17) is 0 Å². The van der Waals surface area contributed by atoms with E-state index in [1.54, 1.807) is 0 Å². The van der Waals surface area contributed by atoms with Gasteiger partial charge in [-0.15, -0.1) is 0 Å². The predicted molar refractivity (Wildman–Crippen MR) is 61.3 cm³/mol. The van der Waals surface area contributed by atoms with Gasteiger partial charge in [-0.25, -0.2) is 0 Å². The predicted octanol–water partition coefficient (Wildman–Crippen LogP) is 3.90. The monoisotopic (exact) mass is 198 g/mol. The Balaban J connectivity index is 2.18. The standard InChI is InChI=1S/C13H26O/c1-3-4-7-10-13(2,14)11-12-8-5-6-9-12/h12,14H,3-11H2,1-2H3. The van der Waals surface area contributed by atoms with Crippen molar-refractivity contribution in [2.75, 3.05) is 0 Å². The molecule has 1 aliphatic rings. The lowest BCUT2D eigenvalue weighted by molar-refractivity contribution is 0.0238. The zero-order valence-electron chi connectivity index (χ0n) is 9.89. The van der Waals surface area contributed by atoms with Crippen LogP contribution in [0, 0.1) is 5.92 Å². The number of rotatable bonds is 6. The van der Waals surface area contributed by atoms with Crippen molar-refractivity contribution in [3.63, 3.8) is 0 Å². The van der Waals surface area contributed by atoms with E-state index in [-0.39, 0.29) is 5.60 Å². The van der Waals surface area contributed by atoms with Gasteiger partial charge >= 0.3 is 0 Å². The second kappa shape index (κ2) is 5.75. The van der Waals surface area contributed by atoms with E-state index in [1.165, 1.54) is 44.9 Å². The van der Waals surface area contributed by atoms with Crippen LogP contribution in [0.3, 0.4) is 0 Å². The molecule has 14 heavy (non-hydrogen) atoms. The van der Waals surface area contributed by atoms with E-state index in [2.05, 4.69) is 6.92 Å². The third-order valence-electron chi connectivity index (χ3n) is 3.52. The Morgan fingerprint density at radius 3 is 2.43 bits per heavy atom. The minimum atomic E-state index is -0.385. The summed E-state index contributed by atoms with van der Waals surface area (Å²) in [6, 6.07) is 0. The topological polar surface area (TPSA) is 20.2 Å². The molecule has 0 aromatic heterocycles. The minimum absolute atomic E-state index is 0.385. The largest absolute Gasteiger partial charge is 0.390 e. The van der Waals surface area contributed by atoms with Gasteiger partial charge in [0.1, 0.15) is 0 Å². The number of hydrogen-bond donors (Lipinski definition) is 1. The van der Waals surface area contributed by atoms with Gasteiger partial charge in [0.15, 0.2) is 0 Å². The lowest BCUT2D eigenvalue weighted by Gasteiger charge is -2.26. The van der Waals surface area contributed by atoms with Gasteiger partial charge in [-0.05, 0) is 25.7 Å². The Morgan fingerprint density at radius 2 is 1.86 bits per heavy atom. The van der Waals surface area contributed by atoms with Gasteiger partial charge < -0.3 is 5.11 Å². The molecule has 1 unspecified atom stereocenters. The molecule has 0 amide bonds. The molecule has 1 rings (SSSR count). The fourth-order valence-corrected chi connectivity index (χ4v) is 2.69. The molecule has 1 fully saturated rings. The van der Waals surface area contributed by atoms with Crippen molar-refractivity contribution in [1.82, 2.24) is 0 Å². The maximum absolute atomic E-state index is 10.2. The second-order valence-corrected chi connectivity index (χ2v) is 5.31. The van der Waals surface area contributed by atoms with E-state index in [1.807, 2.05) is 6.92 Å². The average molecular weight is 198 g/mol. The van der Waals surface area contributed by atoms with Crippen LogP contribution in [-0.4, -0.2) is 10.7 Å². The maximum atomic E-state index is 10.2. The van der Waals surface area contributed by atoms with Gasteiger partial charge in [0.05, 0.1) is 5.60 Å². The zero-order chi connectivity index (χ0) is 10.4. The summed E-state index contributed by atoms with van der Waals surface area (Å²) in [5.74, 6) is 0.812. The van der Waals surface area contributed by atoms with Gasteiger partial charge in [-0.1, -0.05) is 51.9 Å². The highest BCUT2D eigenvalue weighted by atomic mass is 16.3. The van der Waals surface area contributed by atoms with Gasteiger partial charge in [0.25, 0.3) is 0 Å². The quantitative estimate of drug-likeness (QED) is 0.642. The molecule has 0 aliphatic heterocycles. The summed E-state index contributed by atoms with van der Waals surface area (Å²) in [5, 5.41) is 10.2. The fraction of sp³-hybridized carbons (Fsp3) is 1.00. The van der Waals surface area contributed by atoms with Gasteiger partial charge in [0.2, 0.25) is 0 Å². The molecule has 0 saturated heterocycles. The molecule has 1 heteroatoms. The van der Waals surface area contributed by atoms with Crippen LogP contribution < -0.4 is 0 Å². The van der Waals surface area contributed by atoms with Crippen molar-refractivity contribution in [2.24, 2.45) is 5.92 Å². The molecule has 0 spiro atoms. The third-order valence-corrected chi connectivity index (χ3v) is 3.52. The van der Waals surface area contributed by atoms with Gasteiger partial charge in [0, 0.05) is 0 Å². The van der Waals surface area contributed by atoms with Crippen molar-refractivity contribution < 1.29 is 5.11 Å². The van der Waals surface area contributed by atoms with Crippen LogP contribution in [0.25, 0.3) is 0 Å². The number of unbranched alkanes of at least 4 members (excludes halogenated alkanes) is 2. The molecular weight excluding hydrogens is 172 g/mol. The minimum Gasteiger partial charge on any atom is -0.390 e. The Labute approximate surface area is 88.9 Å². The molecular formula is C13H26O. The van der Waals surface area contributed by atoms with E-state index in [9.17, 15) is 5.11 Å². The molecule has 0 bridgehead atoms. The van der Waals surface area contributed by atoms with Crippen molar-refractivity contribution in [3.8, 4) is 0 Å². The maximum Gasteiger partial charge on any atom is 0.0622 e. The highest BCUT2D eigenvalue weighted by Crippen LogP contribution is 2.33. The Hall–Kier alpha value is -0.0400. The van der Waals surface area contributed by atoms with Crippen molar-refractivity contribution >= 4 is 0 Å². The van der Waals surface area contributed by atoms with Crippen LogP contribution in [0.4, 0.5) is 0 Å². The molecule has 0 aromatic carbocycles. The van der Waals surface area contributed by atoms with E-state index >= 15 is 0 Å². The lowest BCUT2D eigenvalue weighted by Crippen LogP contribution is -2.26. The Bertz CT molecular complexity index is 145. The van der Waals surface area contributed by atoms with Crippen LogP contribution in [0.15, 0.2) is 0 Å². The smallest absolute Gasteiger partial charge is 0.0622 e. The molecule has 1 atom stereocenters. The number of hydrogen-bond acceptors (Lipinski definition) is 1. The summed E-state index contributed by atoms with van der Waals surface area (Å²) in [5.41, 5.74) is -0.385. The molecule has 1 saturated carbocycles. The molecule has 84 valence electrons. The van der Waals surface area contributed by atoms with E-state index in [0.29, 0.717) is 0 Å². The molecule has 0 radical (unpaired) electrons. The summed E-state index contributed by atoms with van der Waals surface area (Å²) in [6.45, 7) is 4.24. The van der Waals surface area contributed by atoms with Crippen LogP contribution in [0.1, 0.15) is 71.6 Å².